The minimum Gasteiger partial charge on any atom is -0.480 e. The van der Waals surface area contributed by atoms with Crippen molar-refractivity contribution in [3.63, 3.8) is 0 Å². The highest BCUT2D eigenvalue weighted by molar-refractivity contribution is 5.92. The third kappa shape index (κ3) is 4.33. The van der Waals surface area contributed by atoms with Crippen molar-refractivity contribution in [1.82, 2.24) is 10.6 Å². The number of carboxylic acid groups (broad SMARTS) is 1. The fourth-order valence-corrected chi connectivity index (χ4v) is 5.08. The minimum absolute atomic E-state index is 0.0739. The molecule has 0 saturated heterocycles. The van der Waals surface area contributed by atoms with Gasteiger partial charge in [-0.15, -0.1) is 0 Å². The smallest absolute Gasteiger partial charge is 0.408 e. The molecule has 0 bridgehead atoms. The largest absolute Gasteiger partial charge is 0.480 e. The first kappa shape index (κ1) is 21.9. The van der Waals surface area contributed by atoms with E-state index < -0.39 is 30.1 Å². The third-order valence-electron chi connectivity index (χ3n) is 6.52. The monoisotopic (exact) mass is 436 g/mol. The van der Waals surface area contributed by atoms with Crippen LogP contribution in [0.15, 0.2) is 48.5 Å². The maximum atomic E-state index is 12.8. The predicted molar refractivity (Wildman–Crippen MR) is 119 cm³/mol. The highest BCUT2D eigenvalue weighted by atomic mass is 16.5. The van der Waals surface area contributed by atoms with E-state index in [-0.39, 0.29) is 18.4 Å². The summed E-state index contributed by atoms with van der Waals surface area (Å²) in [5.74, 6) is -1.44. The molecule has 2 aliphatic rings. The number of hydrogen-bond acceptors (Lipinski definition) is 4. The zero-order valence-corrected chi connectivity index (χ0v) is 18.1. The zero-order valence-electron chi connectivity index (χ0n) is 18.1. The van der Waals surface area contributed by atoms with Crippen LogP contribution in [-0.2, 0) is 14.3 Å². The van der Waals surface area contributed by atoms with Crippen LogP contribution in [0.4, 0.5) is 4.79 Å². The van der Waals surface area contributed by atoms with E-state index >= 15 is 0 Å². The third-order valence-corrected chi connectivity index (χ3v) is 6.52. The van der Waals surface area contributed by atoms with Crippen LogP contribution >= 0.6 is 0 Å². The number of amides is 2. The molecular weight excluding hydrogens is 408 g/mol. The molecule has 2 aliphatic carbocycles. The number of ether oxygens (including phenoxy) is 1. The van der Waals surface area contributed by atoms with Crippen molar-refractivity contribution in [2.75, 3.05) is 13.2 Å². The lowest BCUT2D eigenvalue weighted by molar-refractivity contribution is -0.139. The number of hydrogen-bond donors (Lipinski definition) is 3. The summed E-state index contributed by atoms with van der Waals surface area (Å²) in [5, 5.41) is 14.1. The van der Waals surface area contributed by atoms with Crippen molar-refractivity contribution in [3.8, 4) is 11.1 Å². The van der Waals surface area contributed by atoms with Gasteiger partial charge in [0, 0.05) is 5.92 Å². The van der Waals surface area contributed by atoms with Gasteiger partial charge in [-0.25, -0.2) is 4.79 Å². The number of aliphatic carboxylic acids is 1. The zero-order chi connectivity index (χ0) is 22.7. The second-order valence-corrected chi connectivity index (χ2v) is 8.81. The highest BCUT2D eigenvalue weighted by Gasteiger charge is 2.43. The summed E-state index contributed by atoms with van der Waals surface area (Å²) >= 11 is 0. The average Bonchev–Trinajstić information content (AvgIpc) is 3.10. The molecule has 0 radical (unpaired) electrons. The van der Waals surface area contributed by atoms with Gasteiger partial charge in [-0.05, 0) is 41.0 Å². The molecule has 168 valence electrons. The summed E-state index contributed by atoms with van der Waals surface area (Å²) < 4.78 is 5.63. The topological polar surface area (TPSA) is 105 Å². The normalized spacial score (nSPS) is 21.8. The first-order valence-electron chi connectivity index (χ1n) is 11.0. The molecule has 7 heteroatoms. The van der Waals surface area contributed by atoms with Crippen molar-refractivity contribution in [3.05, 3.63) is 59.7 Å². The number of fused-ring (bicyclic) bond motifs is 3. The first-order chi connectivity index (χ1) is 15.4. The quantitative estimate of drug-likeness (QED) is 0.641. The minimum atomic E-state index is -1.16. The second-order valence-electron chi connectivity index (χ2n) is 8.81. The molecule has 0 aromatic heterocycles. The van der Waals surface area contributed by atoms with Gasteiger partial charge in [0.2, 0.25) is 5.91 Å². The fourth-order valence-electron chi connectivity index (χ4n) is 5.08. The van der Waals surface area contributed by atoms with Crippen LogP contribution in [0.2, 0.25) is 0 Å². The van der Waals surface area contributed by atoms with Crippen LogP contribution in [-0.4, -0.2) is 41.8 Å². The Bertz CT molecular complexity index is 991. The molecule has 0 aliphatic heterocycles. The van der Waals surface area contributed by atoms with Crippen molar-refractivity contribution in [2.24, 2.45) is 5.92 Å². The summed E-state index contributed by atoms with van der Waals surface area (Å²) in [6.07, 6.45) is 1.97. The standard InChI is InChI=1S/C25H28N2O5/c1-16-7-6-12-25(13-16,23(30)26-14-22(28)29)27-24(31)32-15-21-19-10-4-2-8-17(19)18-9-3-5-11-20(18)21/h2-5,8-11,16,21H,6-7,12-15H2,1H3,(H,26,30)(H,27,31)(H,28,29). The SMILES string of the molecule is CC1CCCC(NC(=O)OCC2c3ccccc3-c3ccccc32)(C(=O)NCC(=O)O)C1. The molecule has 1 saturated carbocycles. The van der Waals surface area contributed by atoms with Crippen LogP contribution in [0, 0.1) is 5.92 Å². The lowest BCUT2D eigenvalue weighted by Crippen LogP contribution is -2.61. The number of carbonyl (C=O) groups is 3. The molecule has 0 heterocycles. The number of carboxylic acids is 1. The fraction of sp³-hybridized carbons (Fsp3) is 0.400. The van der Waals surface area contributed by atoms with Crippen molar-refractivity contribution >= 4 is 18.0 Å². The van der Waals surface area contributed by atoms with Gasteiger partial charge in [0.15, 0.2) is 0 Å². The molecule has 32 heavy (non-hydrogen) atoms. The Morgan fingerprint density at radius 2 is 1.69 bits per heavy atom. The highest BCUT2D eigenvalue weighted by Crippen LogP contribution is 2.44. The van der Waals surface area contributed by atoms with Gasteiger partial charge in [0.1, 0.15) is 18.7 Å². The van der Waals surface area contributed by atoms with Crippen LogP contribution in [0.25, 0.3) is 11.1 Å². The average molecular weight is 437 g/mol. The van der Waals surface area contributed by atoms with E-state index in [0.29, 0.717) is 12.8 Å². The van der Waals surface area contributed by atoms with Gasteiger partial charge in [-0.3, -0.25) is 9.59 Å². The van der Waals surface area contributed by atoms with Gasteiger partial charge >= 0.3 is 12.1 Å². The van der Waals surface area contributed by atoms with E-state index in [4.69, 9.17) is 9.84 Å². The molecular formula is C25H28N2O5. The molecule has 1 fully saturated rings. The van der Waals surface area contributed by atoms with Crippen LogP contribution in [0.1, 0.15) is 49.7 Å². The van der Waals surface area contributed by atoms with Gasteiger partial charge in [0.05, 0.1) is 0 Å². The van der Waals surface area contributed by atoms with E-state index in [1.54, 1.807) is 0 Å². The Kier molecular flexibility index (Phi) is 6.17. The Morgan fingerprint density at radius 3 is 2.28 bits per heavy atom. The summed E-state index contributed by atoms with van der Waals surface area (Å²) in [6.45, 7) is 1.70. The number of carbonyl (C=O) groups excluding carboxylic acids is 2. The molecule has 2 amide bonds. The second kappa shape index (κ2) is 9.02. The number of rotatable bonds is 6. The van der Waals surface area contributed by atoms with Crippen molar-refractivity contribution < 1.29 is 24.2 Å². The molecule has 2 aromatic rings. The van der Waals surface area contributed by atoms with Gasteiger partial charge in [0.25, 0.3) is 0 Å². The molecule has 0 spiro atoms. The summed E-state index contributed by atoms with van der Waals surface area (Å²) in [6, 6.07) is 16.2. The lowest BCUT2D eigenvalue weighted by Gasteiger charge is -2.38. The summed E-state index contributed by atoms with van der Waals surface area (Å²) in [4.78, 5) is 36.6. The van der Waals surface area contributed by atoms with E-state index in [1.807, 2.05) is 43.3 Å². The van der Waals surface area contributed by atoms with Gasteiger partial charge in [-0.1, -0.05) is 68.3 Å². The van der Waals surface area contributed by atoms with E-state index in [9.17, 15) is 14.4 Å². The van der Waals surface area contributed by atoms with Gasteiger partial charge in [-0.2, -0.15) is 0 Å². The molecule has 2 aromatic carbocycles. The molecule has 2 unspecified atom stereocenters. The number of nitrogens with one attached hydrogen (secondary N) is 2. The Labute approximate surface area is 187 Å². The maximum Gasteiger partial charge on any atom is 0.408 e. The van der Waals surface area contributed by atoms with E-state index in [1.165, 1.54) is 0 Å². The lowest BCUT2D eigenvalue weighted by atomic mass is 9.75. The van der Waals surface area contributed by atoms with Crippen LogP contribution in [0.3, 0.4) is 0 Å². The Balaban J connectivity index is 1.47. The molecule has 3 N–H and O–H groups in total. The summed E-state index contributed by atoms with van der Waals surface area (Å²) in [5.41, 5.74) is 3.35. The van der Waals surface area contributed by atoms with Crippen LogP contribution < -0.4 is 10.6 Å². The molecule has 7 nitrogen and oxygen atoms in total. The molecule has 2 atom stereocenters. The molecule has 4 rings (SSSR count). The van der Waals surface area contributed by atoms with Gasteiger partial charge < -0.3 is 20.5 Å². The maximum absolute atomic E-state index is 12.8. The number of benzene rings is 2. The summed E-state index contributed by atoms with van der Waals surface area (Å²) in [7, 11) is 0. The van der Waals surface area contributed by atoms with E-state index in [0.717, 1.165) is 35.1 Å². The Morgan fingerprint density at radius 1 is 1.06 bits per heavy atom. The van der Waals surface area contributed by atoms with Crippen molar-refractivity contribution in [1.29, 1.82) is 0 Å². The number of alkyl carbamates (subject to hydrolysis) is 1. The predicted octanol–water partition coefficient (Wildman–Crippen LogP) is 3.67. The van der Waals surface area contributed by atoms with Crippen molar-refractivity contribution in [2.45, 2.75) is 44.1 Å². The first-order valence-corrected chi connectivity index (χ1v) is 11.0. The van der Waals surface area contributed by atoms with Crippen LogP contribution in [0.5, 0.6) is 0 Å². The van der Waals surface area contributed by atoms with E-state index in [2.05, 4.69) is 22.8 Å². The Hall–Kier alpha value is -3.35.